The van der Waals surface area contributed by atoms with E-state index in [0.29, 0.717) is 11.8 Å². The van der Waals surface area contributed by atoms with E-state index in [0.717, 1.165) is 48.8 Å². The molecule has 1 N–H and O–H groups in total. The summed E-state index contributed by atoms with van der Waals surface area (Å²) in [5.41, 5.74) is 3.18. The fourth-order valence-electron chi connectivity index (χ4n) is 4.84. The number of nitrogens with zero attached hydrogens (tertiary/aromatic N) is 7. The van der Waals surface area contributed by atoms with Crippen molar-refractivity contribution in [1.29, 1.82) is 0 Å². The molecule has 0 spiro atoms. The van der Waals surface area contributed by atoms with E-state index in [1.165, 1.54) is 6.33 Å². The van der Waals surface area contributed by atoms with Gasteiger partial charge in [0.25, 0.3) is 0 Å². The number of aliphatic hydroxyl groups is 1. The lowest BCUT2D eigenvalue weighted by Gasteiger charge is -2.34. The molecule has 8 heteroatoms. The minimum absolute atomic E-state index is 0.00355. The molecule has 1 aromatic carbocycles. The molecule has 0 radical (unpaired) electrons. The van der Waals surface area contributed by atoms with Crippen LogP contribution in [-0.2, 0) is 0 Å². The van der Waals surface area contributed by atoms with Gasteiger partial charge in [0, 0.05) is 44.6 Å². The van der Waals surface area contributed by atoms with Crippen molar-refractivity contribution in [2.24, 2.45) is 11.8 Å². The molecular weight excluding hydrogens is 378 g/mol. The van der Waals surface area contributed by atoms with Crippen LogP contribution < -0.4 is 9.80 Å². The van der Waals surface area contributed by atoms with E-state index < -0.39 is 6.10 Å². The highest BCUT2D eigenvalue weighted by atomic mass is 16.3. The van der Waals surface area contributed by atoms with Gasteiger partial charge in [0.15, 0.2) is 0 Å². The molecule has 8 nitrogen and oxygen atoms in total. The minimum Gasteiger partial charge on any atom is -0.391 e. The van der Waals surface area contributed by atoms with Gasteiger partial charge in [-0.05, 0) is 42.9 Å². The first kappa shape index (κ1) is 19.0. The van der Waals surface area contributed by atoms with Crippen LogP contribution in [0.4, 0.5) is 11.6 Å². The van der Waals surface area contributed by atoms with E-state index in [4.69, 9.17) is 4.98 Å². The van der Waals surface area contributed by atoms with Crippen molar-refractivity contribution in [3.8, 4) is 11.3 Å². The van der Waals surface area contributed by atoms with Crippen LogP contribution in [-0.4, -0.2) is 63.1 Å². The molecule has 156 valence electrons. The van der Waals surface area contributed by atoms with Crippen LogP contribution >= 0.6 is 0 Å². The molecule has 30 heavy (non-hydrogen) atoms. The third-order valence-corrected chi connectivity index (χ3v) is 6.49. The lowest BCUT2D eigenvalue weighted by molar-refractivity contribution is 0.0305. The summed E-state index contributed by atoms with van der Waals surface area (Å²) in [5.74, 6) is 1.71. The molecule has 2 aliphatic rings. The summed E-state index contributed by atoms with van der Waals surface area (Å²) in [5, 5.41) is 14.9. The van der Waals surface area contributed by atoms with E-state index in [1.54, 1.807) is 11.0 Å². The predicted octanol–water partition coefficient (Wildman–Crippen LogP) is 2.25. The third kappa shape index (κ3) is 3.52. The molecule has 1 saturated heterocycles. The average molecular weight is 406 g/mol. The van der Waals surface area contributed by atoms with Crippen molar-refractivity contribution >= 4 is 11.6 Å². The fraction of sp³-hybridized carbons (Fsp3) is 0.455. The molecule has 1 aliphatic heterocycles. The van der Waals surface area contributed by atoms with Crippen LogP contribution in [0.1, 0.15) is 18.9 Å². The maximum atomic E-state index is 10.7. The van der Waals surface area contributed by atoms with Gasteiger partial charge in [-0.2, -0.15) is 5.10 Å². The van der Waals surface area contributed by atoms with E-state index in [2.05, 4.69) is 49.1 Å². The summed E-state index contributed by atoms with van der Waals surface area (Å²) in [4.78, 5) is 17.8. The molecule has 1 saturated carbocycles. The summed E-state index contributed by atoms with van der Waals surface area (Å²) < 4.78 is 1.80. The second-order valence-electron chi connectivity index (χ2n) is 8.59. The lowest BCUT2D eigenvalue weighted by atomic mass is 9.77. The molecule has 1 aliphatic carbocycles. The summed E-state index contributed by atoms with van der Waals surface area (Å²) in [6, 6.07) is 10.4. The Hall–Kier alpha value is -3.00. The number of fused-ring (bicyclic) bond motifs is 1. The number of aromatic nitrogens is 5. The summed E-state index contributed by atoms with van der Waals surface area (Å²) in [6.45, 7) is 1.79. The highest BCUT2D eigenvalue weighted by Gasteiger charge is 2.43. The Morgan fingerprint density at radius 2 is 1.80 bits per heavy atom. The molecular formula is C22H27N7O. The molecule has 2 fully saturated rings. The average Bonchev–Trinajstić information content (AvgIpc) is 3.43. The Morgan fingerprint density at radius 3 is 2.50 bits per heavy atom. The molecule has 3 heterocycles. The quantitative estimate of drug-likeness (QED) is 0.713. The largest absolute Gasteiger partial charge is 0.391 e. The first-order valence-electron chi connectivity index (χ1n) is 10.5. The van der Waals surface area contributed by atoms with Gasteiger partial charge in [0.2, 0.25) is 5.95 Å². The van der Waals surface area contributed by atoms with E-state index in [1.807, 2.05) is 26.4 Å². The first-order valence-corrected chi connectivity index (χ1v) is 10.5. The van der Waals surface area contributed by atoms with Crippen molar-refractivity contribution in [2.45, 2.75) is 25.0 Å². The molecule has 3 aromatic rings. The zero-order chi connectivity index (χ0) is 20.7. The van der Waals surface area contributed by atoms with Gasteiger partial charge < -0.3 is 14.9 Å². The standard InChI is InChI=1S/C22H27N7O/c1-27(2)18-5-3-15(4-6-18)19-7-8-24-22(26-19)28-11-16-9-20(29-14-23-13-25-29)21(30)10-17(16)12-28/h3-8,13-14,16-17,20-21,30H,9-12H2,1-2H3/t16-,17+,20-,21-/m1/s1. The maximum absolute atomic E-state index is 10.7. The van der Waals surface area contributed by atoms with Crippen LogP contribution in [0.5, 0.6) is 0 Å². The Bertz CT molecular complexity index is 989. The first-order chi connectivity index (χ1) is 14.6. The van der Waals surface area contributed by atoms with Gasteiger partial charge in [-0.1, -0.05) is 12.1 Å². The molecule has 5 rings (SSSR count). The maximum Gasteiger partial charge on any atom is 0.225 e. The Labute approximate surface area is 176 Å². The monoisotopic (exact) mass is 405 g/mol. The van der Waals surface area contributed by atoms with Gasteiger partial charge in [-0.15, -0.1) is 0 Å². The third-order valence-electron chi connectivity index (χ3n) is 6.49. The van der Waals surface area contributed by atoms with Crippen molar-refractivity contribution in [3.05, 3.63) is 49.2 Å². The number of aliphatic hydroxyl groups excluding tert-OH is 1. The van der Waals surface area contributed by atoms with E-state index in [-0.39, 0.29) is 6.04 Å². The molecule has 0 bridgehead atoms. The van der Waals surface area contributed by atoms with Crippen molar-refractivity contribution in [3.63, 3.8) is 0 Å². The molecule has 0 amide bonds. The minimum atomic E-state index is -0.393. The van der Waals surface area contributed by atoms with E-state index in [9.17, 15) is 5.11 Å². The number of anilines is 2. The van der Waals surface area contributed by atoms with Crippen LogP contribution in [0, 0.1) is 11.8 Å². The Kier molecular flexibility index (Phi) is 4.86. The lowest BCUT2D eigenvalue weighted by Crippen LogP contribution is -2.36. The van der Waals surface area contributed by atoms with Crippen LogP contribution in [0.2, 0.25) is 0 Å². The van der Waals surface area contributed by atoms with Gasteiger partial charge in [0.1, 0.15) is 12.7 Å². The van der Waals surface area contributed by atoms with Crippen LogP contribution in [0.15, 0.2) is 49.2 Å². The molecule has 0 unspecified atom stereocenters. The molecule has 4 atom stereocenters. The van der Waals surface area contributed by atoms with Crippen molar-refractivity contribution in [2.75, 3.05) is 37.0 Å². The van der Waals surface area contributed by atoms with Crippen molar-refractivity contribution < 1.29 is 5.11 Å². The van der Waals surface area contributed by atoms with Gasteiger partial charge in [0.05, 0.1) is 17.8 Å². The normalized spacial score (nSPS) is 25.9. The van der Waals surface area contributed by atoms with Crippen molar-refractivity contribution in [1.82, 2.24) is 24.7 Å². The number of hydrogen-bond donors (Lipinski definition) is 1. The number of rotatable bonds is 4. The zero-order valence-corrected chi connectivity index (χ0v) is 17.3. The summed E-state index contributed by atoms with van der Waals surface area (Å²) in [6.07, 6.45) is 6.36. The second kappa shape index (κ2) is 7.68. The van der Waals surface area contributed by atoms with Gasteiger partial charge in [-0.3, -0.25) is 0 Å². The predicted molar refractivity (Wildman–Crippen MR) is 115 cm³/mol. The van der Waals surface area contributed by atoms with Gasteiger partial charge >= 0.3 is 0 Å². The number of hydrogen-bond acceptors (Lipinski definition) is 7. The summed E-state index contributed by atoms with van der Waals surface area (Å²) >= 11 is 0. The number of benzene rings is 1. The molecule has 2 aromatic heterocycles. The smallest absolute Gasteiger partial charge is 0.225 e. The van der Waals surface area contributed by atoms with E-state index >= 15 is 0 Å². The van der Waals surface area contributed by atoms with Gasteiger partial charge in [-0.25, -0.2) is 19.6 Å². The second-order valence-corrected chi connectivity index (χ2v) is 8.59. The highest BCUT2D eigenvalue weighted by molar-refractivity contribution is 5.63. The SMILES string of the molecule is CN(C)c1ccc(-c2ccnc(N3C[C@H]4C[C@@H](n5cncn5)[C@H](O)C[C@H]4C3)n2)cc1. The Morgan fingerprint density at radius 1 is 1.03 bits per heavy atom. The Balaban J connectivity index is 1.33. The van der Waals surface area contributed by atoms with Crippen LogP contribution in [0.25, 0.3) is 11.3 Å². The zero-order valence-electron chi connectivity index (χ0n) is 17.3. The fourth-order valence-corrected chi connectivity index (χ4v) is 4.84. The topological polar surface area (TPSA) is 83.2 Å². The van der Waals surface area contributed by atoms with Crippen LogP contribution in [0.3, 0.4) is 0 Å². The summed E-state index contributed by atoms with van der Waals surface area (Å²) in [7, 11) is 4.07. The highest BCUT2D eigenvalue weighted by Crippen LogP contribution is 2.41.